The average Bonchev–Trinajstić information content (AvgIpc) is 2.56. The van der Waals surface area contributed by atoms with Gasteiger partial charge < -0.3 is 5.11 Å². The molecule has 0 aliphatic heterocycles. The highest BCUT2D eigenvalue weighted by atomic mass is 32.2. The first-order valence-electron chi connectivity index (χ1n) is 6.96. The van der Waals surface area contributed by atoms with Crippen LogP contribution in [0, 0.1) is 0 Å². The quantitative estimate of drug-likeness (QED) is 0.631. The lowest BCUT2D eigenvalue weighted by Gasteiger charge is -2.11. The minimum atomic E-state index is -3.61. The number of nitrogens with zero attached hydrogens (tertiary/aromatic N) is 2. The van der Waals surface area contributed by atoms with Crippen LogP contribution >= 0.6 is 0 Å². The molecule has 2 aromatic rings. The van der Waals surface area contributed by atoms with E-state index in [-0.39, 0.29) is 16.2 Å². The van der Waals surface area contributed by atoms with E-state index in [1.807, 2.05) is 0 Å². The van der Waals surface area contributed by atoms with E-state index in [4.69, 9.17) is 0 Å². The number of phenolic OH excluding ortho intramolecular Hbond substituents is 1. The van der Waals surface area contributed by atoms with Gasteiger partial charge in [0.1, 0.15) is 5.75 Å². The Hall–Kier alpha value is -2.71. The number of nitrogens with one attached hydrogen (secondary N) is 1. The van der Waals surface area contributed by atoms with Crippen molar-refractivity contribution in [2.24, 2.45) is 5.10 Å². The van der Waals surface area contributed by atoms with Crippen LogP contribution in [0.3, 0.4) is 0 Å². The van der Waals surface area contributed by atoms with Crippen molar-refractivity contribution < 1.29 is 18.3 Å². The molecule has 1 amide bonds. The van der Waals surface area contributed by atoms with Crippen LogP contribution in [0.15, 0.2) is 58.5 Å². The van der Waals surface area contributed by atoms with E-state index in [1.165, 1.54) is 56.7 Å². The van der Waals surface area contributed by atoms with E-state index in [2.05, 4.69) is 10.5 Å². The van der Waals surface area contributed by atoms with Crippen molar-refractivity contribution in [3.8, 4) is 5.75 Å². The molecule has 0 bridgehead atoms. The Labute approximate surface area is 140 Å². The molecule has 0 fully saturated rings. The maximum atomic E-state index is 12.1. The first-order valence-corrected chi connectivity index (χ1v) is 8.40. The van der Waals surface area contributed by atoms with Gasteiger partial charge in [0, 0.05) is 19.7 Å². The summed E-state index contributed by atoms with van der Waals surface area (Å²) in [5, 5.41) is 13.0. The van der Waals surface area contributed by atoms with E-state index < -0.39 is 15.9 Å². The third-order valence-electron chi connectivity index (χ3n) is 3.15. The minimum Gasteiger partial charge on any atom is -0.508 e. The summed E-state index contributed by atoms with van der Waals surface area (Å²) < 4.78 is 25.2. The predicted molar refractivity (Wildman–Crippen MR) is 90.5 cm³/mol. The van der Waals surface area contributed by atoms with Crippen molar-refractivity contribution >= 4 is 22.1 Å². The normalized spacial score (nSPS) is 11.8. The van der Waals surface area contributed by atoms with Crippen LogP contribution in [0.25, 0.3) is 0 Å². The predicted octanol–water partition coefficient (Wildman–Crippen LogP) is 1.41. The monoisotopic (exact) mass is 347 g/mol. The van der Waals surface area contributed by atoms with Gasteiger partial charge in [-0.25, -0.2) is 18.1 Å². The van der Waals surface area contributed by atoms with Gasteiger partial charge >= 0.3 is 0 Å². The van der Waals surface area contributed by atoms with Crippen LogP contribution in [0.4, 0.5) is 0 Å². The van der Waals surface area contributed by atoms with Crippen molar-refractivity contribution in [2.45, 2.75) is 4.90 Å². The van der Waals surface area contributed by atoms with Gasteiger partial charge in [0.15, 0.2) is 0 Å². The second-order valence-corrected chi connectivity index (χ2v) is 7.26. The van der Waals surface area contributed by atoms with Gasteiger partial charge in [0.25, 0.3) is 5.91 Å². The van der Waals surface area contributed by atoms with Gasteiger partial charge in [0.05, 0.1) is 11.1 Å². The van der Waals surface area contributed by atoms with Crippen LogP contribution in [0.1, 0.15) is 15.9 Å². The van der Waals surface area contributed by atoms with E-state index in [1.54, 1.807) is 12.1 Å². The molecule has 2 N–H and O–H groups in total. The molecule has 0 heterocycles. The lowest BCUT2D eigenvalue weighted by atomic mass is 10.2. The standard InChI is InChI=1S/C16H17N3O4S/c1-19(2)24(22,23)15-5-3-4-13(10-15)16(21)18-17-11-12-6-8-14(20)9-7-12/h3-11,20H,1-2H3,(H,18,21)/b17-11+. The van der Waals surface area contributed by atoms with Crippen LogP contribution < -0.4 is 5.43 Å². The SMILES string of the molecule is CN(C)S(=O)(=O)c1cccc(C(=O)N/N=C/c2ccc(O)cc2)c1. The van der Waals surface area contributed by atoms with Gasteiger partial charge in [-0.15, -0.1) is 0 Å². The van der Waals surface area contributed by atoms with E-state index in [9.17, 15) is 18.3 Å². The van der Waals surface area contributed by atoms with E-state index in [0.717, 1.165) is 4.31 Å². The second-order valence-electron chi connectivity index (χ2n) is 5.11. The van der Waals surface area contributed by atoms with Crippen molar-refractivity contribution in [2.75, 3.05) is 14.1 Å². The number of hydrazone groups is 1. The second kappa shape index (κ2) is 7.24. The number of rotatable bonds is 5. The number of hydrogen-bond acceptors (Lipinski definition) is 5. The molecule has 2 aromatic carbocycles. The molecule has 0 saturated carbocycles. The Kier molecular flexibility index (Phi) is 5.32. The van der Waals surface area contributed by atoms with Crippen molar-refractivity contribution in [3.05, 3.63) is 59.7 Å². The Balaban J connectivity index is 2.12. The Morgan fingerprint density at radius 1 is 1.17 bits per heavy atom. The summed E-state index contributed by atoms with van der Waals surface area (Å²) in [7, 11) is -0.768. The zero-order chi connectivity index (χ0) is 17.7. The highest BCUT2D eigenvalue weighted by Crippen LogP contribution is 2.14. The molecular weight excluding hydrogens is 330 g/mol. The zero-order valence-corrected chi connectivity index (χ0v) is 14.0. The van der Waals surface area contributed by atoms with Crippen molar-refractivity contribution in [1.29, 1.82) is 0 Å². The fraction of sp³-hybridized carbons (Fsp3) is 0.125. The molecule has 0 unspecified atom stereocenters. The molecular formula is C16H17N3O4S. The molecule has 0 radical (unpaired) electrons. The van der Waals surface area contributed by atoms with Gasteiger partial charge in [0.2, 0.25) is 10.0 Å². The summed E-state index contributed by atoms with van der Waals surface area (Å²) >= 11 is 0. The largest absolute Gasteiger partial charge is 0.508 e. The van der Waals surface area contributed by atoms with Gasteiger partial charge in [-0.3, -0.25) is 4.79 Å². The number of aromatic hydroxyl groups is 1. The zero-order valence-electron chi connectivity index (χ0n) is 13.2. The molecule has 0 aliphatic rings. The van der Waals surface area contributed by atoms with Crippen LogP contribution in [0.2, 0.25) is 0 Å². The van der Waals surface area contributed by atoms with Gasteiger partial charge in [-0.05, 0) is 48.0 Å². The fourth-order valence-electron chi connectivity index (χ4n) is 1.80. The summed E-state index contributed by atoms with van der Waals surface area (Å²) in [5.74, 6) is -0.393. The average molecular weight is 347 g/mol. The number of phenols is 1. The molecule has 0 spiro atoms. The summed E-state index contributed by atoms with van der Waals surface area (Å²) in [5.41, 5.74) is 3.20. The first kappa shape index (κ1) is 17.6. The number of carbonyl (C=O) groups is 1. The Bertz CT molecular complexity index is 859. The number of sulfonamides is 1. The Morgan fingerprint density at radius 3 is 2.46 bits per heavy atom. The smallest absolute Gasteiger partial charge is 0.271 e. The summed E-state index contributed by atoms with van der Waals surface area (Å²) in [6, 6.07) is 12.0. The lowest BCUT2D eigenvalue weighted by Crippen LogP contribution is -2.23. The first-order chi connectivity index (χ1) is 11.3. The molecule has 0 saturated heterocycles. The third kappa shape index (κ3) is 4.18. The number of carbonyl (C=O) groups excluding carboxylic acids is 1. The maximum absolute atomic E-state index is 12.1. The van der Waals surface area contributed by atoms with Crippen LogP contribution in [-0.2, 0) is 10.0 Å². The summed E-state index contributed by atoms with van der Waals surface area (Å²) in [6.07, 6.45) is 1.41. The van der Waals surface area contributed by atoms with E-state index >= 15 is 0 Å². The summed E-state index contributed by atoms with van der Waals surface area (Å²) in [4.78, 5) is 12.1. The molecule has 24 heavy (non-hydrogen) atoms. The van der Waals surface area contributed by atoms with Crippen LogP contribution in [-0.4, -0.2) is 44.0 Å². The van der Waals surface area contributed by atoms with Gasteiger partial charge in [-0.1, -0.05) is 6.07 Å². The fourth-order valence-corrected chi connectivity index (χ4v) is 2.75. The minimum absolute atomic E-state index is 0.0302. The molecule has 0 aromatic heterocycles. The highest BCUT2D eigenvalue weighted by molar-refractivity contribution is 7.89. The highest BCUT2D eigenvalue weighted by Gasteiger charge is 2.18. The molecule has 8 heteroatoms. The summed E-state index contributed by atoms with van der Waals surface area (Å²) in [6.45, 7) is 0. The van der Waals surface area contributed by atoms with E-state index in [0.29, 0.717) is 5.56 Å². The molecule has 0 atom stereocenters. The number of benzene rings is 2. The molecule has 0 aliphatic carbocycles. The molecule has 7 nitrogen and oxygen atoms in total. The lowest BCUT2D eigenvalue weighted by molar-refractivity contribution is 0.0955. The van der Waals surface area contributed by atoms with Crippen LogP contribution in [0.5, 0.6) is 5.75 Å². The van der Waals surface area contributed by atoms with Gasteiger partial charge in [-0.2, -0.15) is 5.10 Å². The maximum Gasteiger partial charge on any atom is 0.271 e. The number of amides is 1. The molecule has 126 valence electrons. The third-order valence-corrected chi connectivity index (χ3v) is 4.96. The van der Waals surface area contributed by atoms with Crippen molar-refractivity contribution in [1.82, 2.24) is 9.73 Å². The van der Waals surface area contributed by atoms with Crippen molar-refractivity contribution in [3.63, 3.8) is 0 Å². The Morgan fingerprint density at radius 2 is 1.83 bits per heavy atom. The molecule has 2 rings (SSSR count). The number of hydrogen-bond donors (Lipinski definition) is 2. The topological polar surface area (TPSA) is 99.1 Å².